The highest BCUT2D eigenvalue weighted by Gasteiger charge is 2.37. The van der Waals surface area contributed by atoms with Crippen LogP contribution in [0.25, 0.3) is 0 Å². The van der Waals surface area contributed by atoms with E-state index in [1.165, 1.54) is 12.1 Å². The van der Waals surface area contributed by atoms with Gasteiger partial charge in [-0.05, 0) is 55.0 Å². The molecule has 17 heavy (non-hydrogen) atoms. The molecule has 2 aliphatic rings. The van der Waals surface area contributed by atoms with Crippen LogP contribution < -0.4 is 5.32 Å². The Morgan fingerprint density at radius 3 is 2.82 bits per heavy atom. The van der Waals surface area contributed by atoms with E-state index in [4.69, 9.17) is 0 Å². The van der Waals surface area contributed by atoms with E-state index in [1.807, 2.05) is 0 Å². The number of piperidine rings is 1. The number of fused-ring (bicyclic) bond motifs is 3. The molecule has 1 unspecified atom stereocenters. The molecule has 0 aromatic heterocycles. The second-order valence-corrected chi connectivity index (χ2v) is 4.95. The Bertz CT molecular complexity index is 439. The maximum Gasteiger partial charge on any atom is 0.416 e. The van der Waals surface area contributed by atoms with Gasteiger partial charge in [0.05, 0.1) is 5.56 Å². The minimum absolute atomic E-state index is 0.279. The van der Waals surface area contributed by atoms with Crippen molar-refractivity contribution in [2.75, 3.05) is 6.54 Å². The lowest BCUT2D eigenvalue weighted by Crippen LogP contribution is -2.31. The molecule has 0 spiro atoms. The monoisotopic (exact) mass is 241 g/mol. The summed E-state index contributed by atoms with van der Waals surface area (Å²) in [4.78, 5) is 0. The van der Waals surface area contributed by atoms with Crippen molar-refractivity contribution in [3.63, 3.8) is 0 Å². The number of hydrogen-bond donors (Lipinski definition) is 1. The summed E-state index contributed by atoms with van der Waals surface area (Å²) in [6, 6.07) is 4.47. The second-order valence-electron chi connectivity index (χ2n) is 4.95. The average Bonchev–Trinajstić information content (AvgIpc) is 2.65. The number of halogens is 3. The molecule has 1 nitrogen and oxygen atoms in total. The first-order chi connectivity index (χ1) is 8.05. The van der Waals surface area contributed by atoms with Gasteiger partial charge in [0.25, 0.3) is 0 Å². The lowest BCUT2D eigenvalue weighted by molar-refractivity contribution is -0.137. The van der Waals surface area contributed by atoms with Gasteiger partial charge in [0.2, 0.25) is 0 Å². The quantitative estimate of drug-likeness (QED) is 0.734. The first kappa shape index (κ1) is 11.1. The minimum Gasteiger partial charge on any atom is -0.310 e. The van der Waals surface area contributed by atoms with Gasteiger partial charge in [-0.3, -0.25) is 0 Å². The fraction of sp³-hybridized carbons (Fsp3) is 0.538. The van der Waals surface area contributed by atoms with E-state index in [9.17, 15) is 13.2 Å². The van der Waals surface area contributed by atoms with Crippen molar-refractivity contribution in [3.05, 3.63) is 34.9 Å². The van der Waals surface area contributed by atoms with Gasteiger partial charge in [-0.15, -0.1) is 0 Å². The summed E-state index contributed by atoms with van der Waals surface area (Å²) in [5.74, 6) is 0.488. The Balaban J connectivity index is 1.97. The Hall–Kier alpha value is -1.03. The first-order valence-electron chi connectivity index (χ1n) is 5.99. The van der Waals surface area contributed by atoms with Gasteiger partial charge in [0.1, 0.15) is 0 Å². The standard InChI is InChI=1S/C13H14F3N/c14-13(15,16)10-3-4-11-9(7-10)6-8-2-1-5-17-12(8)11/h3-4,7-8,12,17H,1-2,5-6H2/t8?,12-/m1/s1. The van der Waals surface area contributed by atoms with Crippen LogP contribution in [-0.2, 0) is 12.6 Å². The zero-order chi connectivity index (χ0) is 12.0. The van der Waals surface area contributed by atoms with Crippen molar-refractivity contribution < 1.29 is 13.2 Å². The van der Waals surface area contributed by atoms with Crippen molar-refractivity contribution in [3.8, 4) is 0 Å². The van der Waals surface area contributed by atoms with Crippen LogP contribution in [0.15, 0.2) is 18.2 Å². The predicted molar refractivity (Wildman–Crippen MR) is 58.6 cm³/mol. The van der Waals surface area contributed by atoms with Crippen molar-refractivity contribution in [2.24, 2.45) is 5.92 Å². The van der Waals surface area contributed by atoms with Crippen LogP contribution in [0, 0.1) is 5.92 Å². The molecule has 1 heterocycles. The zero-order valence-electron chi connectivity index (χ0n) is 9.35. The summed E-state index contributed by atoms with van der Waals surface area (Å²) >= 11 is 0. The maximum absolute atomic E-state index is 12.6. The zero-order valence-corrected chi connectivity index (χ0v) is 9.35. The summed E-state index contributed by atoms with van der Waals surface area (Å²) in [6.45, 7) is 0.974. The van der Waals surface area contributed by atoms with Crippen LogP contribution in [0.3, 0.4) is 0 Å². The number of rotatable bonds is 0. The molecule has 0 amide bonds. The molecule has 1 N–H and O–H groups in total. The van der Waals surface area contributed by atoms with Gasteiger partial charge in [-0.2, -0.15) is 13.2 Å². The molecule has 0 radical (unpaired) electrons. The van der Waals surface area contributed by atoms with E-state index < -0.39 is 11.7 Å². The Morgan fingerprint density at radius 2 is 2.06 bits per heavy atom. The SMILES string of the molecule is FC(F)(F)c1ccc2c(c1)CC1CCCN[C@@H]21. The summed E-state index contributed by atoms with van der Waals surface area (Å²) in [6.07, 6.45) is -1.19. The van der Waals surface area contributed by atoms with Crippen molar-refractivity contribution in [2.45, 2.75) is 31.5 Å². The second kappa shape index (κ2) is 3.73. The number of nitrogens with one attached hydrogen (secondary N) is 1. The lowest BCUT2D eigenvalue weighted by Gasteiger charge is -2.27. The lowest BCUT2D eigenvalue weighted by atomic mass is 9.92. The summed E-state index contributed by atoms with van der Waals surface area (Å²) < 4.78 is 37.8. The predicted octanol–water partition coefficient (Wildman–Crippen LogP) is 3.30. The first-order valence-corrected chi connectivity index (χ1v) is 5.99. The Labute approximate surface area is 98.0 Å². The highest BCUT2D eigenvalue weighted by Crippen LogP contribution is 2.42. The molecule has 2 atom stereocenters. The Kier molecular flexibility index (Phi) is 2.43. The van der Waals surface area contributed by atoms with Crippen LogP contribution in [-0.4, -0.2) is 6.54 Å². The molecule has 1 fully saturated rings. The smallest absolute Gasteiger partial charge is 0.310 e. The van der Waals surface area contributed by atoms with Gasteiger partial charge in [-0.25, -0.2) is 0 Å². The van der Waals surface area contributed by atoms with E-state index in [0.29, 0.717) is 5.92 Å². The fourth-order valence-electron chi connectivity index (χ4n) is 3.08. The molecular formula is C13H14F3N. The van der Waals surface area contributed by atoms with Crippen molar-refractivity contribution in [1.82, 2.24) is 5.32 Å². The van der Waals surface area contributed by atoms with Crippen LogP contribution in [0.1, 0.15) is 35.6 Å². The number of alkyl halides is 3. The molecule has 3 rings (SSSR count). The van der Waals surface area contributed by atoms with Gasteiger partial charge in [0, 0.05) is 6.04 Å². The average molecular weight is 241 g/mol. The van der Waals surface area contributed by atoms with E-state index in [1.54, 1.807) is 6.07 Å². The van der Waals surface area contributed by atoms with Gasteiger partial charge in [0.15, 0.2) is 0 Å². The third kappa shape index (κ3) is 1.84. The molecule has 92 valence electrons. The van der Waals surface area contributed by atoms with Crippen LogP contribution in [0.4, 0.5) is 13.2 Å². The third-order valence-corrected chi connectivity index (χ3v) is 3.87. The molecule has 1 aromatic rings. The van der Waals surface area contributed by atoms with Gasteiger partial charge < -0.3 is 5.32 Å². The third-order valence-electron chi connectivity index (χ3n) is 3.87. The van der Waals surface area contributed by atoms with E-state index in [0.717, 1.165) is 36.9 Å². The van der Waals surface area contributed by atoms with Crippen LogP contribution >= 0.6 is 0 Å². The summed E-state index contributed by atoms with van der Waals surface area (Å²) in [5.41, 5.74) is 1.43. The molecular weight excluding hydrogens is 227 g/mol. The number of benzene rings is 1. The van der Waals surface area contributed by atoms with Crippen LogP contribution in [0.2, 0.25) is 0 Å². The minimum atomic E-state index is -4.23. The molecule has 0 saturated carbocycles. The topological polar surface area (TPSA) is 12.0 Å². The largest absolute Gasteiger partial charge is 0.416 e. The summed E-state index contributed by atoms with van der Waals surface area (Å²) in [5, 5.41) is 3.41. The molecule has 1 aliphatic heterocycles. The van der Waals surface area contributed by atoms with E-state index >= 15 is 0 Å². The van der Waals surface area contributed by atoms with E-state index in [-0.39, 0.29) is 6.04 Å². The molecule has 1 saturated heterocycles. The number of hydrogen-bond acceptors (Lipinski definition) is 1. The molecule has 4 heteroatoms. The Morgan fingerprint density at radius 1 is 1.24 bits per heavy atom. The normalized spacial score (nSPS) is 27.7. The maximum atomic E-state index is 12.6. The van der Waals surface area contributed by atoms with Gasteiger partial charge >= 0.3 is 6.18 Å². The van der Waals surface area contributed by atoms with Gasteiger partial charge in [-0.1, -0.05) is 6.07 Å². The van der Waals surface area contributed by atoms with Crippen molar-refractivity contribution >= 4 is 0 Å². The molecule has 1 aromatic carbocycles. The molecule has 1 aliphatic carbocycles. The highest BCUT2D eigenvalue weighted by atomic mass is 19.4. The van der Waals surface area contributed by atoms with E-state index in [2.05, 4.69) is 5.32 Å². The fourth-order valence-corrected chi connectivity index (χ4v) is 3.08. The van der Waals surface area contributed by atoms with Crippen molar-refractivity contribution in [1.29, 1.82) is 0 Å². The molecule has 0 bridgehead atoms. The van der Waals surface area contributed by atoms with Crippen LogP contribution in [0.5, 0.6) is 0 Å². The summed E-state index contributed by atoms with van der Waals surface area (Å²) in [7, 11) is 0. The highest BCUT2D eigenvalue weighted by molar-refractivity contribution is 5.40.